The zero-order valence-corrected chi connectivity index (χ0v) is 13.8. The molecule has 0 spiro atoms. The summed E-state index contributed by atoms with van der Waals surface area (Å²) in [6, 6.07) is 9.87. The van der Waals surface area contributed by atoms with E-state index in [1.165, 1.54) is 12.8 Å². The normalized spacial score (nSPS) is 21.0. The number of aliphatic hydroxyl groups excluding tert-OH is 1. The van der Waals surface area contributed by atoms with Crippen LogP contribution in [-0.4, -0.2) is 57.8 Å². The highest BCUT2D eigenvalue weighted by atomic mass is 16.4. The molecule has 0 unspecified atom stereocenters. The molecule has 2 aromatic rings. The lowest BCUT2D eigenvalue weighted by atomic mass is 10.1. The van der Waals surface area contributed by atoms with E-state index >= 15 is 0 Å². The number of rotatable bonds is 6. The lowest BCUT2D eigenvalue weighted by molar-refractivity contribution is 0.0670. The Morgan fingerprint density at radius 1 is 1.04 bits per heavy atom. The molecule has 128 valence electrons. The summed E-state index contributed by atoms with van der Waals surface area (Å²) in [5.41, 5.74) is 0.985. The van der Waals surface area contributed by atoms with Crippen LogP contribution in [0.4, 0.5) is 0 Å². The van der Waals surface area contributed by atoms with Crippen molar-refractivity contribution in [2.75, 3.05) is 32.7 Å². The Bertz CT molecular complexity index is 648. The first-order valence-corrected chi connectivity index (χ1v) is 8.78. The lowest BCUT2D eigenvalue weighted by Gasteiger charge is -2.35. The van der Waals surface area contributed by atoms with Crippen LogP contribution in [0.5, 0.6) is 0 Å². The molecule has 0 amide bonds. The molecular formula is C18H24N4O2. The fraction of sp³-hybridized carbons (Fsp3) is 0.556. The third-order valence-electron chi connectivity index (χ3n) is 4.85. The molecule has 6 nitrogen and oxygen atoms in total. The monoisotopic (exact) mass is 328 g/mol. The second kappa shape index (κ2) is 7.01. The van der Waals surface area contributed by atoms with Crippen molar-refractivity contribution < 1.29 is 9.52 Å². The van der Waals surface area contributed by atoms with Crippen LogP contribution in [0.3, 0.4) is 0 Å². The van der Waals surface area contributed by atoms with Crippen molar-refractivity contribution in [2.24, 2.45) is 0 Å². The van der Waals surface area contributed by atoms with E-state index in [-0.39, 0.29) is 0 Å². The Morgan fingerprint density at radius 2 is 1.75 bits per heavy atom. The summed E-state index contributed by atoms with van der Waals surface area (Å²) in [5.74, 6) is 2.06. The van der Waals surface area contributed by atoms with E-state index in [0.717, 1.165) is 50.1 Å². The lowest BCUT2D eigenvalue weighted by Crippen LogP contribution is -2.47. The SMILES string of the molecule is O[C@@H](CN1CCN(Cc2nnc(C3CC3)o2)CC1)c1ccccc1. The highest BCUT2D eigenvalue weighted by molar-refractivity contribution is 5.17. The van der Waals surface area contributed by atoms with Crippen molar-refractivity contribution in [3.63, 3.8) is 0 Å². The number of hydrogen-bond acceptors (Lipinski definition) is 6. The Labute approximate surface area is 142 Å². The maximum Gasteiger partial charge on any atom is 0.230 e. The average molecular weight is 328 g/mol. The molecule has 1 aliphatic carbocycles. The third-order valence-corrected chi connectivity index (χ3v) is 4.85. The first kappa shape index (κ1) is 15.7. The summed E-state index contributed by atoms with van der Waals surface area (Å²) in [6.07, 6.45) is 1.95. The summed E-state index contributed by atoms with van der Waals surface area (Å²) in [4.78, 5) is 4.66. The van der Waals surface area contributed by atoms with Crippen molar-refractivity contribution in [2.45, 2.75) is 31.4 Å². The van der Waals surface area contributed by atoms with Crippen molar-refractivity contribution in [3.05, 3.63) is 47.7 Å². The molecule has 1 aromatic heterocycles. The van der Waals surface area contributed by atoms with Crippen LogP contribution in [0.1, 0.15) is 42.2 Å². The van der Waals surface area contributed by atoms with Gasteiger partial charge in [0, 0.05) is 38.6 Å². The minimum Gasteiger partial charge on any atom is -0.424 e. The molecule has 1 N–H and O–H groups in total. The predicted octanol–water partition coefficient (Wildman–Crippen LogP) is 1.80. The summed E-state index contributed by atoms with van der Waals surface area (Å²) in [7, 11) is 0. The molecule has 6 heteroatoms. The fourth-order valence-electron chi connectivity index (χ4n) is 3.17. The predicted molar refractivity (Wildman–Crippen MR) is 89.4 cm³/mol. The summed E-state index contributed by atoms with van der Waals surface area (Å²) < 4.78 is 5.74. The van der Waals surface area contributed by atoms with E-state index in [1.807, 2.05) is 30.3 Å². The summed E-state index contributed by atoms with van der Waals surface area (Å²) in [6.45, 7) is 5.24. The molecular weight excluding hydrogens is 304 g/mol. The number of benzene rings is 1. The summed E-state index contributed by atoms with van der Waals surface area (Å²) >= 11 is 0. The van der Waals surface area contributed by atoms with Crippen LogP contribution >= 0.6 is 0 Å². The molecule has 1 aliphatic heterocycles. The standard InChI is InChI=1S/C18H24N4O2/c23-16(14-4-2-1-3-5-14)12-21-8-10-22(11-9-21)13-17-19-20-18(24-17)15-6-7-15/h1-5,15-16,23H,6-13H2/t16-/m0/s1. The smallest absolute Gasteiger partial charge is 0.230 e. The van der Waals surface area contributed by atoms with Crippen molar-refractivity contribution >= 4 is 0 Å². The van der Waals surface area contributed by atoms with Crippen LogP contribution in [0.2, 0.25) is 0 Å². The van der Waals surface area contributed by atoms with Crippen LogP contribution in [-0.2, 0) is 6.54 Å². The van der Waals surface area contributed by atoms with Crippen LogP contribution < -0.4 is 0 Å². The second-order valence-electron chi connectivity index (χ2n) is 6.81. The number of aliphatic hydroxyl groups is 1. The fourth-order valence-corrected chi connectivity index (χ4v) is 3.17. The average Bonchev–Trinajstić information content (AvgIpc) is 3.37. The van der Waals surface area contributed by atoms with Crippen molar-refractivity contribution in [1.82, 2.24) is 20.0 Å². The van der Waals surface area contributed by atoms with Gasteiger partial charge in [-0.05, 0) is 18.4 Å². The maximum atomic E-state index is 10.3. The first-order valence-electron chi connectivity index (χ1n) is 8.78. The number of β-amino-alcohol motifs (C(OH)–C–C–N with tert-alkyl or cyclic N) is 1. The van der Waals surface area contributed by atoms with Crippen LogP contribution in [0.15, 0.2) is 34.7 Å². The third kappa shape index (κ3) is 3.83. The molecule has 1 saturated heterocycles. The van der Waals surface area contributed by atoms with Gasteiger partial charge in [-0.1, -0.05) is 30.3 Å². The van der Waals surface area contributed by atoms with Crippen LogP contribution in [0, 0.1) is 0 Å². The minimum absolute atomic E-state index is 0.421. The Kier molecular flexibility index (Phi) is 4.60. The molecule has 1 atom stereocenters. The molecule has 1 saturated carbocycles. The molecule has 1 aromatic carbocycles. The Hall–Kier alpha value is -1.76. The van der Waals surface area contributed by atoms with Gasteiger partial charge in [-0.25, -0.2) is 0 Å². The van der Waals surface area contributed by atoms with Crippen molar-refractivity contribution in [3.8, 4) is 0 Å². The molecule has 2 aliphatic rings. The maximum absolute atomic E-state index is 10.3. The quantitative estimate of drug-likeness (QED) is 0.872. The topological polar surface area (TPSA) is 65.6 Å². The number of piperazine rings is 1. The number of aromatic nitrogens is 2. The first-order chi connectivity index (χ1) is 11.8. The van der Waals surface area contributed by atoms with Gasteiger partial charge >= 0.3 is 0 Å². The van der Waals surface area contributed by atoms with Gasteiger partial charge in [0.2, 0.25) is 11.8 Å². The van der Waals surface area contributed by atoms with Gasteiger partial charge in [0.15, 0.2) is 0 Å². The van der Waals surface area contributed by atoms with Gasteiger partial charge in [-0.15, -0.1) is 10.2 Å². The zero-order valence-electron chi connectivity index (χ0n) is 13.8. The molecule has 0 radical (unpaired) electrons. The highest BCUT2D eigenvalue weighted by Crippen LogP contribution is 2.39. The summed E-state index contributed by atoms with van der Waals surface area (Å²) in [5, 5.41) is 18.7. The molecule has 4 rings (SSSR count). The van der Waals surface area contributed by atoms with E-state index < -0.39 is 6.10 Å². The van der Waals surface area contributed by atoms with Gasteiger partial charge in [-0.3, -0.25) is 9.80 Å². The van der Waals surface area contributed by atoms with E-state index in [1.54, 1.807) is 0 Å². The molecule has 24 heavy (non-hydrogen) atoms. The molecule has 2 fully saturated rings. The number of nitrogens with zero attached hydrogens (tertiary/aromatic N) is 4. The van der Waals surface area contributed by atoms with Gasteiger partial charge in [0.25, 0.3) is 0 Å². The van der Waals surface area contributed by atoms with E-state index in [4.69, 9.17) is 4.42 Å². The van der Waals surface area contributed by atoms with E-state index in [9.17, 15) is 5.11 Å². The van der Waals surface area contributed by atoms with E-state index in [0.29, 0.717) is 12.5 Å². The Balaban J connectivity index is 1.24. The van der Waals surface area contributed by atoms with Gasteiger partial charge in [-0.2, -0.15) is 0 Å². The number of hydrogen-bond donors (Lipinski definition) is 1. The largest absolute Gasteiger partial charge is 0.424 e. The van der Waals surface area contributed by atoms with Gasteiger partial charge < -0.3 is 9.52 Å². The molecule has 2 heterocycles. The van der Waals surface area contributed by atoms with Crippen molar-refractivity contribution in [1.29, 1.82) is 0 Å². The molecule has 0 bridgehead atoms. The van der Waals surface area contributed by atoms with E-state index in [2.05, 4.69) is 20.0 Å². The van der Waals surface area contributed by atoms with Crippen LogP contribution in [0.25, 0.3) is 0 Å². The van der Waals surface area contributed by atoms with Gasteiger partial charge in [0.1, 0.15) is 0 Å². The minimum atomic E-state index is -0.421. The second-order valence-corrected chi connectivity index (χ2v) is 6.81. The Morgan fingerprint density at radius 3 is 2.46 bits per heavy atom. The zero-order chi connectivity index (χ0) is 16.4. The van der Waals surface area contributed by atoms with Gasteiger partial charge in [0.05, 0.1) is 12.6 Å². The highest BCUT2D eigenvalue weighted by Gasteiger charge is 2.29.